The highest BCUT2D eigenvalue weighted by Crippen LogP contribution is 2.11. The second kappa shape index (κ2) is 5.79. The smallest absolute Gasteiger partial charge is 0.302 e. The van der Waals surface area contributed by atoms with Crippen LogP contribution in [0.25, 0.3) is 0 Å². The van der Waals surface area contributed by atoms with Gasteiger partial charge in [-0.3, -0.25) is 19.7 Å². The fraction of sp³-hybridized carbons (Fsp3) is 0.0769. The van der Waals surface area contributed by atoms with Gasteiger partial charge in [-0.1, -0.05) is 28.1 Å². The van der Waals surface area contributed by atoms with Crippen molar-refractivity contribution in [2.75, 3.05) is 0 Å². The molecule has 6 nitrogen and oxygen atoms in total. The number of carbonyl (C=O) groups excluding carboxylic acids is 1. The lowest BCUT2D eigenvalue weighted by molar-refractivity contribution is -0.386. The second-order valence-electron chi connectivity index (χ2n) is 4.01. The summed E-state index contributed by atoms with van der Waals surface area (Å²) in [5, 5.41) is 10.7. The Bertz CT molecular complexity index is 722. The molecule has 0 unspecified atom stereocenters. The topological polar surface area (TPSA) is 82.2 Å². The molecule has 102 valence electrons. The molecule has 0 spiro atoms. The first kappa shape index (κ1) is 14.1. The maximum absolute atomic E-state index is 12.0. The van der Waals surface area contributed by atoms with Gasteiger partial charge in [0.2, 0.25) is 0 Å². The fourth-order valence-electron chi connectivity index (χ4n) is 1.67. The van der Waals surface area contributed by atoms with E-state index in [-0.39, 0.29) is 12.3 Å². The first-order valence-electron chi connectivity index (χ1n) is 5.61. The average Bonchev–Trinajstić information content (AvgIpc) is 2.41. The molecule has 0 aliphatic heterocycles. The number of pyridine rings is 1. The molecule has 0 atom stereocenters. The van der Waals surface area contributed by atoms with Crippen LogP contribution >= 0.6 is 15.9 Å². The number of rotatable bonds is 4. The number of ketones is 1. The minimum Gasteiger partial charge on any atom is -0.302 e. The predicted octanol–water partition coefficient (Wildman–Crippen LogP) is 2.40. The molecule has 1 aromatic carbocycles. The molecule has 1 aromatic heterocycles. The van der Waals surface area contributed by atoms with Crippen LogP contribution in [0.3, 0.4) is 0 Å². The number of aromatic nitrogens is 1. The van der Waals surface area contributed by atoms with E-state index in [1.807, 2.05) is 0 Å². The molecule has 7 heteroatoms. The van der Waals surface area contributed by atoms with Crippen molar-refractivity contribution in [1.82, 2.24) is 4.57 Å². The lowest BCUT2D eigenvalue weighted by atomic mass is 10.1. The number of Topliss-reactive ketones (excluding diaryl/α,β-unsaturated/α-hetero) is 1. The van der Waals surface area contributed by atoms with Gasteiger partial charge in [-0.25, -0.2) is 0 Å². The molecular weight excluding hydrogens is 328 g/mol. The van der Waals surface area contributed by atoms with Crippen LogP contribution in [0.4, 0.5) is 5.69 Å². The molecule has 0 bridgehead atoms. The van der Waals surface area contributed by atoms with Gasteiger partial charge in [0.15, 0.2) is 5.78 Å². The summed E-state index contributed by atoms with van der Waals surface area (Å²) in [4.78, 5) is 33.7. The van der Waals surface area contributed by atoms with Gasteiger partial charge >= 0.3 is 11.2 Å². The third-order valence-corrected chi connectivity index (χ3v) is 3.21. The van der Waals surface area contributed by atoms with Crippen molar-refractivity contribution >= 4 is 27.4 Å². The lowest BCUT2D eigenvalue weighted by Crippen LogP contribution is -2.25. The number of nitro groups is 1. The van der Waals surface area contributed by atoms with Gasteiger partial charge in [0, 0.05) is 22.3 Å². The Hall–Kier alpha value is -2.28. The van der Waals surface area contributed by atoms with E-state index in [1.165, 1.54) is 12.3 Å². The van der Waals surface area contributed by atoms with E-state index in [0.717, 1.165) is 15.1 Å². The third-order valence-electron chi connectivity index (χ3n) is 2.68. The van der Waals surface area contributed by atoms with Gasteiger partial charge in [-0.2, -0.15) is 0 Å². The van der Waals surface area contributed by atoms with E-state index >= 15 is 0 Å². The van der Waals surface area contributed by atoms with Crippen LogP contribution in [0.1, 0.15) is 10.4 Å². The Morgan fingerprint density at radius 2 is 1.90 bits per heavy atom. The summed E-state index contributed by atoms with van der Waals surface area (Å²) in [6, 6.07) is 9.15. The Morgan fingerprint density at radius 1 is 1.25 bits per heavy atom. The Balaban J connectivity index is 2.29. The van der Waals surface area contributed by atoms with E-state index < -0.39 is 16.2 Å². The molecule has 1 heterocycles. The maximum atomic E-state index is 12.0. The number of nitrogens with zero attached hydrogens (tertiary/aromatic N) is 2. The molecule has 20 heavy (non-hydrogen) atoms. The van der Waals surface area contributed by atoms with Crippen molar-refractivity contribution in [2.45, 2.75) is 6.54 Å². The van der Waals surface area contributed by atoms with Crippen LogP contribution < -0.4 is 5.56 Å². The summed E-state index contributed by atoms with van der Waals surface area (Å²) in [5.41, 5.74) is -0.898. The molecule has 0 radical (unpaired) electrons. The van der Waals surface area contributed by atoms with E-state index in [0.29, 0.717) is 5.56 Å². The van der Waals surface area contributed by atoms with Crippen molar-refractivity contribution < 1.29 is 9.72 Å². The molecule has 0 N–H and O–H groups in total. The summed E-state index contributed by atoms with van der Waals surface area (Å²) in [5.74, 6) is -0.292. The van der Waals surface area contributed by atoms with Crippen LogP contribution in [-0.2, 0) is 6.54 Å². The molecule has 0 fully saturated rings. The first-order chi connectivity index (χ1) is 9.49. The zero-order valence-corrected chi connectivity index (χ0v) is 11.7. The zero-order chi connectivity index (χ0) is 14.7. The van der Waals surface area contributed by atoms with Gasteiger partial charge in [0.1, 0.15) is 0 Å². The normalized spacial score (nSPS) is 10.2. The lowest BCUT2D eigenvalue weighted by Gasteiger charge is -2.04. The van der Waals surface area contributed by atoms with Gasteiger partial charge in [-0.05, 0) is 18.2 Å². The quantitative estimate of drug-likeness (QED) is 0.487. The highest BCUT2D eigenvalue weighted by atomic mass is 79.9. The van der Waals surface area contributed by atoms with Crippen molar-refractivity contribution in [1.29, 1.82) is 0 Å². The van der Waals surface area contributed by atoms with Crippen molar-refractivity contribution in [2.24, 2.45) is 0 Å². The van der Waals surface area contributed by atoms with Crippen LogP contribution in [0, 0.1) is 10.1 Å². The minimum atomic E-state index is -0.789. The molecule has 0 aliphatic carbocycles. The standard InChI is InChI=1S/C13H9BrN2O4/c14-10-5-3-9(4-6-10)12(17)8-15-7-1-2-11(13(15)18)16(19)20/h1-7H,8H2. The van der Waals surface area contributed by atoms with Crippen molar-refractivity contribution in [3.05, 3.63) is 73.1 Å². The van der Waals surface area contributed by atoms with Crippen molar-refractivity contribution in [3.63, 3.8) is 0 Å². The van der Waals surface area contributed by atoms with Gasteiger partial charge in [0.25, 0.3) is 0 Å². The molecule has 0 amide bonds. The van der Waals surface area contributed by atoms with Gasteiger partial charge in [0.05, 0.1) is 11.5 Å². The van der Waals surface area contributed by atoms with Crippen LogP contribution in [0.2, 0.25) is 0 Å². The van der Waals surface area contributed by atoms with Crippen LogP contribution in [0.15, 0.2) is 51.9 Å². The summed E-state index contributed by atoms with van der Waals surface area (Å²) in [7, 11) is 0. The van der Waals surface area contributed by atoms with Crippen LogP contribution in [-0.4, -0.2) is 15.3 Å². The minimum absolute atomic E-state index is 0.234. The molecule has 2 rings (SSSR count). The van der Waals surface area contributed by atoms with E-state index in [9.17, 15) is 19.7 Å². The number of hydrogen-bond acceptors (Lipinski definition) is 4. The summed E-state index contributed by atoms with van der Waals surface area (Å²) < 4.78 is 1.87. The highest BCUT2D eigenvalue weighted by molar-refractivity contribution is 9.10. The largest absolute Gasteiger partial charge is 0.334 e. The molecule has 0 saturated heterocycles. The highest BCUT2D eigenvalue weighted by Gasteiger charge is 2.15. The monoisotopic (exact) mass is 336 g/mol. The summed E-state index contributed by atoms with van der Waals surface area (Å²) in [6.45, 7) is -0.234. The maximum Gasteiger partial charge on any atom is 0.334 e. The number of benzene rings is 1. The summed E-state index contributed by atoms with van der Waals surface area (Å²) in [6.07, 6.45) is 1.35. The van der Waals surface area contributed by atoms with Gasteiger partial charge < -0.3 is 4.57 Å². The third kappa shape index (κ3) is 3.00. The SMILES string of the molecule is O=C(Cn1cccc([N+](=O)[O-])c1=O)c1ccc(Br)cc1. The van der Waals surface area contributed by atoms with E-state index in [2.05, 4.69) is 15.9 Å². The average molecular weight is 337 g/mol. The number of hydrogen-bond donors (Lipinski definition) is 0. The summed E-state index contributed by atoms with van der Waals surface area (Å²) >= 11 is 3.26. The van der Waals surface area contributed by atoms with Gasteiger partial charge in [-0.15, -0.1) is 0 Å². The number of halogens is 1. The first-order valence-corrected chi connectivity index (χ1v) is 6.41. The predicted molar refractivity (Wildman–Crippen MR) is 75.8 cm³/mol. The Labute approximate surface area is 121 Å². The molecule has 0 aliphatic rings. The zero-order valence-electron chi connectivity index (χ0n) is 10.2. The Kier molecular flexibility index (Phi) is 4.09. The second-order valence-corrected chi connectivity index (χ2v) is 4.93. The number of carbonyl (C=O) groups is 1. The fourth-order valence-corrected chi connectivity index (χ4v) is 1.93. The molecule has 2 aromatic rings. The van der Waals surface area contributed by atoms with Crippen molar-refractivity contribution in [3.8, 4) is 0 Å². The van der Waals surface area contributed by atoms with E-state index in [1.54, 1.807) is 24.3 Å². The van der Waals surface area contributed by atoms with Crippen LogP contribution in [0.5, 0.6) is 0 Å². The van der Waals surface area contributed by atoms with E-state index in [4.69, 9.17) is 0 Å². The molecule has 0 saturated carbocycles. The molecular formula is C13H9BrN2O4. The Morgan fingerprint density at radius 3 is 2.50 bits per heavy atom.